The lowest BCUT2D eigenvalue weighted by molar-refractivity contribution is -0.131. The maximum atomic E-state index is 12.5. The molecule has 4 aromatic rings. The van der Waals surface area contributed by atoms with Gasteiger partial charge in [-0.2, -0.15) is 0 Å². The van der Waals surface area contributed by atoms with Gasteiger partial charge in [-0.15, -0.1) is 0 Å². The van der Waals surface area contributed by atoms with Crippen molar-refractivity contribution in [3.8, 4) is 0 Å². The van der Waals surface area contributed by atoms with E-state index in [1.165, 1.54) is 6.08 Å². The van der Waals surface area contributed by atoms with Gasteiger partial charge in [0.2, 0.25) is 5.91 Å². The van der Waals surface area contributed by atoms with Crippen LogP contribution < -0.4 is 5.32 Å². The first-order chi connectivity index (χ1) is 13.6. The fraction of sp³-hybridized carbons (Fsp3) is 0.0435. The minimum absolute atomic E-state index is 0.149. The normalized spacial score (nSPS) is 11.3. The second kappa shape index (κ2) is 7.40. The van der Waals surface area contributed by atoms with Crippen LogP contribution in [0, 0.1) is 0 Å². The van der Waals surface area contributed by atoms with Crippen molar-refractivity contribution in [1.82, 2.24) is 0 Å². The molecule has 0 unspecified atom stereocenters. The van der Waals surface area contributed by atoms with E-state index in [4.69, 9.17) is 9.52 Å². The third-order valence-corrected chi connectivity index (χ3v) is 4.50. The lowest BCUT2D eigenvalue weighted by Gasteiger charge is -2.06. The largest absolute Gasteiger partial charge is 0.478 e. The fourth-order valence-electron chi connectivity index (χ4n) is 3.23. The molecule has 5 heteroatoms. The van der Waals surface area contributed by atoms with Gasteiger partial charge in [-0.3, -0.25) is 4.79 Å². The number of carboxylic acids is 1. The quantitative estimate of drug-likeness (QED) is 0.491. The summed E-state index contributed by atoms with van der Waals surface area (Å²) in [5.41, 5.74) is 2.99. The van der Waals surface area contributed by atoms with E-state index in [1.54, 1.807) is 30.5 Å². The molecule has 0 saturated carbocycles. The number of nitrogens with one attached hydrogen (secondary N) is 1. The third kappa shape index (κ3) is 3.64. The van der Waals surface area contributed by atoms with Crippen molar-refractivity contribution in [2.75, 3.05) is 5.32 Å². The maximum absolute atomic E-state index is 12.5. The highest BCUT2D eigenvalue weighted by Gasteiger charge is 2.13. The van der Waals surface area contributed by atoms with Crippen molar-refractivity contribution < 1.29 is 19.1 Å². The lowest BCUT2D eigenvalue weighted by atomic mass is 10.0. The Morgan fingerprint density at radius 3 is 2.57 bits per heavy atom. The molecule has 0 radical (unpaired) electrons. The van der Waals surface area contributed by atoms with E-state index in [2.05, 4.69) is 5.32 Å². The molecule has 0 saturated heterocycles. The molecule has 1 aromatic heterocycles. The van der Waals surface area contributed by atoms with Crippen molar-refractivity contribution >= 4 is 45.4 Å². The minimum atomic E-state index is -1.00. The number of aliphatic carboxylic acids is 1. The molecule has 3 aromatic carbocycles. The number of furan rings is 1. The van der Waals surface area contributed by atoms with E-state index in [9.17, 15) is 9.59 Å². The van der Waals surface area contributed by atoms with Crippen molar-refractivity contribution in [2.45, 2.75) is 6.42 Å². The topological polar surface area (TPSA) is 79.5 Å². The Balaban J connectivity index is 1.53. The summed E-state index contributed by atoms with van der Waals surface area (Å²) in [7, 11) is 0. The Morgan fingerprint density at radius 2 is 1.79 bits per heavy atom. The summed E-state index contributed by atoms with van der Waals surface area (Å²) in [5, 5.41) is 14.6. The van der Waals surface area contributed by atoms with Crippen LogP contribution in [0.25, 0.3) is 27.8 Å². The summed E-state index contributed by atoms with van der Waals surface area (Å²) in [5.74, 6) is -1.15. The number of fused-ring (bicyclic) bond motifs is 3. The predicted molar refractivity (Wildman–Crippen MR) is 109 cm³/mol. The van der Waals surface area contributed by atoms with Gasteiger partial charge in [0.05, 0.1) is 12.7 Å². The molecule has 0 bridgehead atoms. The van der Waals surface area contributed by atoms with E-state index in [0.717, 1.165) is 38.9 Å². The zero-order chi connectivity index (χ0) is 19.5. The van der Waals surface area contributed by atoms with Crippen LogP contribution in [-0.4, -0.2) is 17.0 Å². The molecule has 0 atom stereocenters. The number of rotatable bonds is 5. The molecule has 1 amide bonds. The van der Waals surface area contributed by atoms with Gasteiger partial charge in [-0.05, 0) is 40.6 Å². The highest BCUT2D eigenvalue weighted by Crippen LogP contribution is 2.30. The second-order valence-electron chi connectivity index (χ2n) is 6.44. The van der Waals surface area contributed by atoms with Crippen LogP contribution in [0.5, 0.6) is 0 Å². The van der Waals surface area contributed by atoms with E-state index >= 15 is 0 Å². The molecule has 0 fully saturated rings. The summed E-state index contributed by atoms with van der Waals surface area (Å²) in [6.07, 6.45) is 4.40. The van der Waals surface area contributed by atoms with Crippen LogP contribution in [-0.2, 0) is 16.0 Å². The summed E-state index contributed by atoms with van der Waals surface area (Å²) in [6.45, 7) is 0. The molecular weight excluding hydrogens is 354 g/mol. The summed E-state index contributed by atoms with van der Waals surface area (Å²) >= 11 is 0. The van der Waals surface area contributed by atoms with Crippen molar-refractivity contribution in [1.29, 1.82) is 0 Å². The first-order valence-electron chi connectivity index (χ1n) is 8.79. The Hall–Kier alpha value is -3.86. The molecule has 0 aliphatic carbocycles. The molecule has 2 N–H and O–H groups in total. The second-order valence-corrected chi connectivity index (χ2v) is 6.44. The Morgan fingerprint density at radius 1 is 1.00 bits per heavy atom. The standard InChI is InChI=1S/C23H17NO4/c25-21(24-18-9-5-15(6-10-18)7-12-22(26)27)13-17-14-28-20-11-8-16-3-1-2-4-19(16)23(17)20/h1-12,14H,13H2,(H,24,25)(H,26,27)/b12-7+. The van der Waals surface area contributed by atoms with Crippen LogP contribution in [0.3, 0.4) is 0 Å². The van der Waals surface area contributed by atoms with Crippen LogP contribution in [0.15, 0.2) is 77.4 Å². The first kappa shape index (κ1) is 17.5. The number of carbonyl (C=O) groups excluding carboxylic acids is 1. The number of amides is 1. The van der Waals surface area contributed by atoms with Gasteiger partial charge in [0, 0.05) is 22.7 Å². The van der Waals surface area contributed by atoms with Crippen molar-refractivity contribution in [2.24, 2.45) is 0 Å². The molecule has 4 rings (SSSR count). The third-order valence-electron chi connectivity index (χ3n) is 4.50. The number of carbonyl (C=O) groups is 2. The molecule has 0 aliphatic heterocycles. The molecule has 0 spiro atoms. The molecule has 0 aliphatic rings. The highest BCUT2D eigenvalue weighted by molar-refractivity contribution is 6.09. The fourth-order valence-corrected chi connectivity index (χ4v) is 3.23. The summed E-state index contributed by atoms with van der Waals surface area (Å²) in [6, 6.07) is 18.9. The van der Waals surface area contributed by atoms with Crippen molar-refractivity contribution in [3.63, 3.8) is 0 Å². The average Bonchev–Trinajstić information content (AvgIpc) is 3.10. The maximum Gasteiger partial charge on any atom is 0.328 e. The number of benzene rings is 3. The summed E-state index contributed by atoms with van der Waals surface area (Å²) < 4.78 is 5.63. The molecular formula is C23H17NO4. The first-order valence-corrected chi connectivity index (χ1v) is 8.79. The Bertz CT molecular complexity index is 1200. The van der Waals surface area contributed by atoms with Crippen LogP contribution in [0.2, 0.25) is 0 Å². The van der Waals surface area contributed by atoms with Gasteiger partial charge in [-0.1, -0.05) is 42.5 Å². The molecule has 138 valence electrons. The minimum Gasteiger partial charge on any atom is -0.478 e. The lowest BCUT2D eigenvalue weighted by Crippen LogP contribution is -2.14. The van der Waals surface area contributed by atoms with E-state index < -0.39 is 5.97 Å². The number of hydrogen-bond acceptors (Lipinski definition) is 3. The molecule has 1 heterocycles. The number of hydrogen-bond donors (Lipinski definition) is 2. The molecule has 28 heavy (non-hydrogen) atoms. The number of carboxylic acid groups (broad SMARTS) is 1. The zero-order valence-electron chi connectivity index (χ0n) is 14.9. The number of anilines is 1. The van der Waals surface area contributed by atoms with Crippen LogP contribution in [0.1, 0.15) is 11.1 Å². The molecule has 5 nitrogen and oxygen atoms in total. The Kier molecular flexibility index (Phi) is 4.64. The van der Waals surface area contributed by atoms with E-state index in [1.807, 2.05) is 36.4 Å². The van der Waals surface area contributed by atoms with Crippen molar-refractivity contribution in [3.05, 3.63) is 84.1 Å². The smallest absolute Gasteiger partial charge is 0.328 e. The zero-order valence-corrected chi connectivity index (χ0v) is 14.9. The van der Waals surface area contributed by atoms with Crippen LogP contribution in [0.4, 0.5) is 5.69 Å². The van der Waals surface area contributed by atoms with Gasteiger partial charge in [0.25, 0.3) is 0 Å². The van der Waals surface area contributed by atoms with Gasteiger partial charge < -0.3 is 14.8 Å². The highest BCUT2D eigenvalue weighted by atomic mass is 16.4. The average molecular weight is 371 g/mol. The summed E-state index contributed by atoms with van der Waals surface area (Å²) in [4.78, 5) is 23.1. The van der Waals surface area contributed by atoms with Gasteiger partial charge in [-0.25, -0.2) is 4.79 Å². The van der Waals surface area contributed by atoms with Gasteiger partial charge in [0.15, 0.2) is 0 Å². The van der Waals surface area contributed by atoms with Gasteiger partial charge in [0.1, 0.15) is 5.58 Å². The van der Waals surface area contributed by atoms with E-state index in [0.29, 0.717) is 5.69 Å². The van der Waals surface area contributed by atoms with Gasteiger partial charge >= 0.3 is 5.97 Å². The Labute approximate surface area is 160 Å². The monoisotopic (exact) mass is 371 g/mol. The predicted octanol–water partition coefficient (Wildman–Crippen LogP) is 4.87. The SMILES string of the molecule is O=C(O)/C=C/c1ccc(NC(=O)Cc2coc3ccc4ccccc4c23)cc1. The van der Waals surface area contributed by atoms with E-state index in [-0.39, 0.29) is 12.3 Å². The van der Waals surface area contributed by atoms with Crippen LogP contribution >= 0.6 is 0 Å².